The molecule has 0 aliphatic carbocycles. The van der Waals surface area contributed by atoms with E-state index in [9.17, 15) is 4.39 Å². The highest BCUT2D eigenvalue weighted by Crippen LogP contribution is 2.18. The molecule has 1 unspecified atom stereocenters. The van der Waals surface area contributed by atoms with Crippen LogP contribution >= 0.6 is 0 Å². The number of hydrogen-bond donors (Lipinski definition) is 1. The smallest absolute Gasteiger partial charge is 0.126 e. The zero-order valence-electron chi connectivity index (χ0n) is 10.0. The standard InChI is InChI=1S/C13H16FN3/c1-15-13(12-7-8-17(2)16-12)9-10-5-3-4-6-11(10)14/h3-8,13,15H,9H2,1-2H3. The number of likely N-dealkylation sites (N-methyl/N-ethyl adjacent to an activating group) is 1. The predicted octanol–water partition coefficient (Wildman–Crippen LogP) is 2.06. The molecule has 2 rings (SSSR count). The molecule has 1 heterocycles. The molecule has 0 radical (unpaired) electrons. The summed E-state index contributed by atoms with van der Waals surface area (Å²) in [6, 6.07) is 8.83. The zero-order valence-corrected chi connectivity index (χ0v) is 10.0. The van der Waals surface area contributed by atoms with Gasteiger partial charge in [-0.3, -0.25) is 4.68 Å². The first kappa shape index (κ1) is 11.8. The monoisotopic (exact) mass is 233 g/mol. The average molecular weight is 233 g/mol. The molecule has 0 spiro atoms. The van der Waals surface area contributed by atoms with Gasteiger partial charge in [-0.05, 0) is 31.2 Å². The van der Waals surface area contributed by atoms with Crippen molar-refractivity contribution in [2.24, 2.45) is 7.05 Å². The summed E-state index contributed by atoms with van der Waals surface area (Å²) >= 11 is 0. The van der Waals surface area contributed by atoms with Crippen LogP contribution in [0.2, 0.25) is 0 Å². The summed E-state index contributed by atoms with van der Waals surface area (Å²) in [6.45, 7) is 0. The van der Waals surface area contributed by atoms with E-state index in [4.69, 9.17) is 0 Å². The van der Waals surface area contributed by atoms with Gasteiger partial charge in [0.25, 0.3) is 0 Å². The minimum atomic E-state index is -0.163. The third kappa shape index (κ3) is 2.71. The lowest BCUT2D eigenvalue weighted by atomic mass is 10.0. The summed E-state index contributed by atoms with van der Waals surface area (Å²) in [5.74, 6) is -0.163. The van der Waals surface area contributed by atoms with Crippen molar-refractivity contribution in [3.63, 3.8) is 0 Å². The molecule has 0 saturated heterocycles. The summed E-state index contributed by atoms with van der Waals surface area (Å²) < 4.78 is 15.3. The molecular formula is C13H16FN3. The van der Waals surface area contributed by atoms with Crippen molar-refractivity contribution in [3.05, 3.63) is 53.6 Å². The Balaban J connectivity index is 2.18. The van der Waals surface area contributed by atoms with Gasteiger partial charge < -0.3 is 5.32 Å². The number of aromatic nitrogens is 2. The molecule has 1 N–H and O–H groups in total. The molecule has 2 aromatic rings. The second-order valence-corrected chi connectivity index (χ2v) is 4.05. The highest BCUT2D eigenvalue weighted by molar-refractivity contribution is 5.20. The topological polar surface area (TPSA) is 29.9 Å². The lowest BCUT2D eigenvalue weighted by Gasteiger charge is -2.14. The molecule has 0 aliphatic rings. The Hall–Kier alpha value is -1.68. The zero-order chi connectivity index (χ0) is 12.3. The SMILES string of the molecule is CNC(Cc1ccccc1F)c1ccn(C)n1. The van der Waals surface area contributed by atoms with Gasteiger partial charge in [-0.25, -0.2) is 4.39 Å². The Morgan fingerprint density at radius 2 is 2.12 bits per heavy atom. The number of nitrogens with zero attached hydrogens (tertiary/aromatic N) is 2. The van der Waals surface area contributed by atoms with Crippen LogP contribution in [0.5, 0.6) is 0 Å². The Morgan fingerprint density at radius 3 is 2.71 bits per heavy atom. The Morgan fingerprint density at radius 1 is 1.35 bits per heavy atom. The summed E-state index contributed by atoms with van der Waals surface area (Å²) in [5.41, 5.74) is 1.63. The van der Waals surface area contributed by atoms with Crippen molar-refractivity contribution in [2.45, 2.75) is 12.5 Å². The van der Waals surface area contributed by atoms with Gasteiger partial charge in [-0.2, -0.15) is 5.10 Å². The predicted molar refractivity (Wildman–Crippen MR) is 65.1 cm³/mol. The van der Waals surface area contributed by atoms with Crippen LogP contribution in [0.15, 0.2) is 36.5 Å². The Kier molecular flexibility index (Phi) is 3.54. The molecule has 1 atom stereocenters. The van der Waals surface area contributed by atoms with Gasteiger partial charge in [0.2, 0.25) is 0 Å². The molecule has 17 heavy (non-hydrogen) atoms. The normalized spacial score (nSPS) is 12.6. The highest BCUT2D eigenvalue weighted by Gasteiger charge is 2.14. The highest BCUT2D eigenvalue weighted by atomic mass is 19.1. The van der Waals surface area contributed by atoms with Crippen LogP contribution in [-0.2, 0) is 13.5 Å². The number of nitrogens with one attached hydrogen (secondary N) is 1. The van der Waals surface area contributed by atoms with Gasteiger partial charge >= 0.3 is 0 Å². The second-order valence-electron chi connectivity index (χ2n) is 4.05. The van der Waals surface area contributed by atoms with Gasteiger partial charge in [0.1, 0.15) is 5.82 Å². The molecule has 3 nitrogen and oxygen atoms in total. The van der Waals surface area contributed by atoms with Crippen molar-refractivity contribution in [3.8, 4) is 0 Å². The number of aryl methyl sites for hydroxylation is 1. The number of halogens is 1. The van der Waals surface area contributed by atoms with Crippen molar-refractivity contribution in [1.29, 1.82) is 0 Å². The summed E-state index contributed by atoms with van der Waals surface area (Å²) in [6.07, 6.45) is 2.49. The van der Waals surface area contributed by atoms with Crippen molar-refractivity contribution >= 4 is 0 Å². The van der Waals surface area contributed by atoms with Gasteiger partial charge in [-0.1, -0.05) is 18.2 Å². The first-order valence-corrected chi connectivity index (χ1v) is 5.61. The summed E-state index contributed by atoms with van der Waals surface area (Å²) in [5, 5.41) is 7.50. The lowest BCUT2D eigenvalue weighted by Crippen LogP contribution is -2.20. The van der Waals surface area contributed by atoms with E-state index >= 15 is 0 Å². The van der Waals surface area contributed by atoms with Gasteiger partial charge in [0, 0.05) is 13.2 Å². The van der Waals surface area contributed by atoms with E-state index in [0.717, 1.165) is 5.69 Å². The second kappa shape index (κ2) is 5.10. The lowest BCUT2D eigenvalue weighted by molar-refractivity contribution is 0.537. The maximum Gasteiger partial charge on any atom is 0.126 e. The van der Waals surface area contributed by atoms with Crippen LogP contribution in [-0.4, -0.2) is 16.8 Å². The first-order chi connectivity index (χ1) is 8.20. The van der Waals surface area contributed by atoms with E-state index in [1.54, 1.807) is 10.7 Å². The molecule has 0 aliphatic heterocycles. The maximum atomic E-state index is 13.6. The quantitative estimate of drug-likeness (QED) is 0.876. The van der Waals surface area contributed by atoms with E-state index in [1.165, 1.54) is 6.07 Å². The van der Waals surface area contributed by atoms with Crippen LogP contribution in [0, 0.1) is 5.82 Å². The van der Waals surface area contributed by atoms with Crippen molar-refractivity contribution in [2.75, 3.05) is 7.05 Å². The fourth-order valence-electron chi connectivity index (χ4n) is 1.86. The minimum absolute atomic E-state index is 0.0353. The van der Waals surface area contributed by atoms with E-state index in [1.807, 2.05) is 38.5 Å². The maximum absolute atomic E-state index is 13.6. The summed E-state index contributed by atoms with van der Waals surface area (Å²) in [7, 11) is 3.74. The molecule has 4 heteroatoms. The minimum Gasteiger partial charge on any atom is -0.311 e. The van der Waals surface area contributed by atoms with Crippen molar-refractivity contribution in [1.82, 2.24) is 15.1 Å². The molecule has 1 aromatic heterocycles. The average Bonchev–Trinajstić information content (AvgIpc) is 2.75. The van der Waals surface area contributed by atoms with E-state index in [0.29, 0.717) is 12.0 Å². The molecular weight excluding hydrogens is 217 g/mol. The van der Waals surface area contributed by atoms with Crippen LogP contribution in [0.25, 0.3) is 0 Å². The van der Waals surface area contributed by atoms with Gasteiger partial charge in [-0.15, -0.1) is 0 Å². The third-order valence-electron chi connectivity index (χ3n) is 2.82. The molecule has 90 valence electrons. The van der Waals surface area contributed by atoms with E-state index in [2.05, 4.69) is 10.4 Å². The number of rotatable bonds is 4. The van der Waals surface area contributed by atoms with E-state index < -0.39 is 0 Å². The fourth-order valence-corrected chi connectivity index (χ4v) is 1.86. The molecule has 0 amide bonds. The van der Waals surface area contributed by atoms with Crippen LogP contribution < -0.4 is 5.32 Å². The molecule has 0 saturated carbocycles. The van der Waals surface area contributed by atoms with Crippen LogP contribution in [0.1, 0.15) is 17.3 Å². The Bertz CT molecular complexity index is 493. The summed E-state index contributed by atoms with van der Waals surface area (Å²) in [4.78, 5) is 0. The molecule has 0 bridgehead atoms. The number of hydrogen-bond acceptors (Lipinski definition) is 2. The number of benzene rings is 1. The largest absolute Gasteiger partial charge is 0.311 e. The molecule has 0 fully saturated rings. The molecule has 1 aromatic carbocycles. The van der Waals surface area contributed by atoms with Gasteiger partial charge in [0.05, 0.1) is 11.7 Å². The van der Waals surface area contributed by atoms with Gasteiger partial charge in [0.15, 0.2) is 0 Å². The Labute approximate surface area is 100 Å². The van der Waals surface area contributed by atoms with Crippen molar-refractivity contribution < 1.29 is 4.39 Å². The fraction of sp³-hybridized carbons (Fsp3) is 0.308. The van der Waals surface area contributed by atoms with Crippen LogP contribution in [0.3, 0.4) is 0 Å². The van der Waals surface area contributed by atoms with E-state index in [-0.39, 0.29) is 11.9 Å². The first-order valence-electron chi connectivity index (χ1n) is 5.61. The van der Waals surface area contributed by atoms with Crippen LogP contribution in [0.4, 0.5) is 4.39 Å². The third-order valence-corrected chi connectivity index (χ3v) is 2.82.